The van der Waals surface area contributed by atoms with Gasteiger partial charge in [0.1, 0.15) is 12.6 Å². The minimum absolute atomic E-state index is 0.00872. The highest BCUT2D eigenvalue weighted by atomic mass is 16.5. The molecule has 0 aliphatic carbocycles. The Morgan fingerprint density at radius 3 is 2.45 bits per heavy atom. The summed E-state index contributed by atoms with van der Waals surface area (Å²) in [6.45, 7) is 5.35. The molecular formula is C15H16N4O3. The Kier molecular flexibility index (Phi) is 3.40. The Morgan fingerprint density at radius 2 is 1.86 bits per heavy atom. The zero-order valence-corrected chi connectivity index (χ0v) is 12.6. The van der Waals surface area contributed by atoms with Crippen LogP contribution < -0.4 is 4.90 Å². The van der Waals surface area contributed by atoms with Gasteiger partial charge in [-0.05, 0) is 32.9 Å². The summed E-state index contributed by atoms with van der Waals surface area (Å²) in [7, 11) is 0. The number of nitrogens with zero attached hydrogens (tertiary/aromatic N) is 4. The molecule has 1 unspecified atom stereocenters. The summed E-state index contributed by atoms with van der Waals surface area (Å²) in [5, 5.41) is 3.67. The second-order valence-electron chi connectivity index (χ2n) is 5.32. The number of benzene rings is 1. The van der Waals surface area contributed by atoms with Gasteiger partial charge in [0.15, 0.2) is 5.82 Å². The molecule has 7 nitrogen and oxygen atoms in total. The van der Waals surface area contributed by atoms with Crippen molar-refractivity contribution in [3.05, 3.63) is 41.5 Å². The third kappa shape index (κ3) is 2.34. The minimum atomic E-state index is -0.556. The predicted molar refractivity (Wildman–Crippen MR) is 78.1 cm³/mol. The van der Waals surface area contributed by atoms with Crippen LogP contribution >= 0.6 is 0 Å². The maximum atomic E-state index is 12.6. The first kappa shape index (κ1) is 14.2. The second kappa shape index (κ2) is 5.25. The van der Waals surface area contributed by atoms with Crippen molar-refractivity contribution in [2.24, 2.45) is 0 Å². The Labute approximate surface area is 127 Å². The van der Waals surface area contributed by atoms with Gasteiger partial charge in [-0.15, -0.1) is 0 Å². The fraction of sp³-hybridized carbons (Fsp3) is 0.333. The number of rotatable bonds is 3. The van der Waals surface area contributed by atoms with Crippen molar-refractivity contribution in [2.75, 3.05) is 4.90 Å². The topological polar surface area (TPSA) is 79.5 Å². The average Bonchev–Trinajstić information content (AvgIpc) is 2.98. The molecule has 2 aromatic rings. The number of hydrogen-bond acceptors (Lipinski definition) is 5. The van der Waals surface area contributed by atoms with Crippen molar-refractivity contribution >= 4 is 17.6 Å². The van der Waals surface area contributed by atoms with Gasteiger partial charge in [0.05, 0.1) is 0 Å². The maximum Gasteiger partial charge on any atom is 0.332 e. The number of aromatic nitrogens is 2. The molecule has 114 valence electrons. The number of hydrogen-bond donors (Lipinski definition) is 0. The first-order chi connectivity index (χ1) is 10.5. The summed E-state index contributed by atoms with van der Waals surface area (Å²) in [6, 6.07) is 6.54. The molecule has 0 radical (unpaired) electrons. The van der Waals surface area contributed by atoms with Crippen LogP contribution in [0.25, 0.3) is 0 Å². The van der Waals surface area contributed by atoms with Crippen LogP contribution in [0.1, 0.15) is 24.2 Å². The fourth-order valence-corrected chi connectivity index (χ4v) is 2.45. The number of urea groups is 1. The molecule has 22 heavy (non-hydrogen) atoms. The van der Waals surface area contributed by atoms with E-state index in [9.17, 15) is 9.59 Å². The van der Waals surface area contributed by atoms with E-state index >= 15 is 0 Å². The van der Waals surface area contributed by atoms with Crippen LogP contribution in [0.2, 0.25) is 0 Å². The van der Waals surface area contributed by atoms with E-state index in [1.807, 2.05) is 31.2 Å². The molecule has 1 aromatic heterocycles. The zero-order chi connectivity index (χ0) is 15.9. The molecule has 1 aromatic carbocycles. The molecule has 3 rings (SSSR count). The SMILES string of the molecule is Cc1ccc(N2C(=O)N(Cc3nc(C)no3)C(=O)C2C)cc1. The molecule has 1 atom stereocenters. The summed E-state index contributed by atoms with van der Waals surface area (Å²) in [4.78, 5) is 31.6. The van der Waals surface area contributed by atoms with E-state index in [2.05, 4.69) is 10.1 Å². The van der Waals surface area contributed by atoms with Crippen LogP contribution in [0.15, 0.2) is 28.8 Å². The lowest BCUT2D eigenvalue weighted by molar-refractivity contribution is -0.127. The Morgan fingerprint density at radius 1 is 1.18 bits per heavy atom. The molecule has 0 N–H and O–H groups in total. The molecule has 1 saturated heterocycles. The van der Waals surface area contributed by atoms with Gasteiger partial charge in [-0.1, -0.05) is 22.9 Å². The van der Waals surface area contributed by atoms with Crippen LogP contribution in [-0.2, 0) is 11.3 Å². The van der Waals surface area contributed by atoms with Gasteiger partial charge in [-0.25, -0.2) is 4.79 Å². The fourth-order valence-electron chi connectivity index (χ4n) is 2.45. The molecule has 1 aliphatic heterocycles. The minimum Gasteiger partial charge on any atom is -0.337 e. The van der Waals surface area contributed by atoms with E-state index in [1.165, 1.54) is 4.90 Å². The number of carbonyl (C=O) groups excluding carboxylic acids is 2. The van der Waals surface area contributed by atoms with Gasteiger partial charge in [-0.2, -0.15) is 4.98 Å². The van der Waals surface area contributed by atoms with Crippen LogP contribution in [0, 0.1) is 13.8 Å². The van der Waals surface area contributed by atoms with E-state index in [4.69, 9.17) is 4.52 Å². The summed E-state index contributed by atoms with van der Waals surface area (Å²) in [5.41, 5.74) is 1.79. The van der Waals surface area contributed by atoms with Gasteiger partial charge < -0.3 is 4.52 Å². The number of amides is 3. The van der Waals surface area contributed by atoms with Gasteiger partial charge in [-0.3, -0.25) is 14.6 Å². The molecular weight excluding hydrogens is 284 g/mol. The summed E-state index contributed by atoms with van der Waals surface area (Å²) in [5.74, 6) is 0.441. The third-order valence-electron chi connectivity index (χ3n) is 3.62. The van der Waals surface area contributed by atoms with Crippen molar-refractivity contribution in [1.82, 2.24) is 15.0 Å². The lowest BCUT2D eigenvalue weighted by atomic mass is 10.2. The normalized spacial score (nSPS) is 18.4. The van der Waals surface area contributed by atoms with E-state index in [0.29, 0.717) is 11.5 Å². The molecule has 1 fully saturated rings. The summed E-state index contributed by atoms with van der Waals surface area (Å²) < 4.78 is 4.99. The quantitative estimate of drug-likeness (QED) is 0.810. The Hall–Kier alpha value is -2.70. The number of aryl methyl sites for hydroxylation is 2. The highest BCUT2D eigenvalue weighted by Crippen LogP contribution is 2.26. The van der Waals surface area contributed by atoms with Crippen LogP contribution in [0.3, 0.4) is 0 Å². The van der Waals surface area contributed by atoms with Crippen molar-refractivity contribution in [3.63, 3.8) is 0 Å². The average molecular weight is 300 g/mol. The number of imide groups is 1. The maximum absolute atomic E-state index is 12.6. The first-order valence-electron chi connectivity index (χ1n) is 6.98. The molecule has 2 heterocycles. The largest absolute Gasteiger partial charge is 0.337 e. The van der Waals surface area contributed by atoms with Crippen molar-refractivity contribution < 1.29 is 14.1 Å². The van der Waals surface area contributed by atoms with Crippen molar-refractivity contribution in [1.29, 1.82) is 0 Å². The Bertz CT molecular complexity index is 723. The van der Waals surface area contributed by atoms with Gasteiger partial charge in [0.2, 0.25) is 5.89 Å². The van der Waals surface area contributed by atoms with E-state index < -0.39 is 6.04 Å². The second-order valence-corrected chi connectivity index (χ2v) is 5.32. The Balaban J connectivity index is 1.87. The zero-order valence-electron chi connectivity index (χ0n) is 12.6. The highest BCUT2D eigenvalue weighted by molar-refractivity contribution is 6.13. The number of carbonyl (C=O) groups is 2. The monoisotopic (exact) mass is 300 g/mol. The van der Waals surface area contributed by atoms with Crippen LogP contribution in [0.4, 0.5) is 10.5 Å². The van der Waals surface area contributed by atoms with E-state index in [-0.39, 0.29) is 24.4 Å². The van der Waals surface area contributed by atoms with E-state index in [0.717, 1.165) is 10.5 Å². The molecule has 0 spiro atoms. The molecule has 0 saturated carbocycles. The summed E-state index contributed by atoms with van der Waals surface area (Å²) >= 11 is 0. The number of anilines is 1. The van der Waals surface area contributed by atoms with Crippen LogP contribution in [-0.4, -0.2) is 33.0 Å². The van der Waals surface area contributed by atoms with Crippen molar-refractivity contribution in [3.8, 4) is 0 Å². The van der Waals surface area contributed by atoms with Gasteiger partial charge >= 0.3 is 6.03 Å². The van der Waals surface area contributed by atoms with E-state index in [1.54, 1.807) is 13.8 Å². The standard InChI is InChI=1S/C15H16N4O3/c1-9-4-6-12(7-5-9)19-10(2)14(20)18(15(19)21)8-13-16-11(3)17-22-13/h4-7,10H,8H2,1-3H3. The third-order valence-corrected chi connectivity index (χ3v) is 3.62. The lowest BCUT2D eigenvalue weighted by Gasteiger charge is -2.19. The highest BCUT2D eigenvalue weighted by Gasteiger charge is 2.43. The lowest BCUT2D eigenvalue weighted by Crippen LogP contribution is -2.33. The van der Waals surface area contributed by atoms with Gasteiger partial charge in [0, 0.05) is 5.69 Å². The smallest absolute Gasteiger partial charge is 0.332 e. The van der Waals surface area contributed by atoms with Gasteiger partial charge in [0.25, 0.3) is 5.91 Å². The van der Waals surface area contributed by atoms with Crippen molar-refractivity contribution in [2.45, 2.75) is 33.4 Å². The predicted octanol–water partition coefficient (Wildman–Crippen LogP) is 2.04. The molecule has 7 heteroatoms. The first-order valence-corrected chi connectivity index (χ1v) is 6.98. The molecule has 3 amide bonds. The summed E-state index contributed by atoms with van der Waals surface area (Å²) in [6.07, 6.45) is 0. The molecule has 0 bridgehead atoms. The van der Waals surface area contributed by atoms with Crippen LogP contribution in [0.5, 0.6) is 0 Å². The molecule has 1 aliphatic rings.